The van der Waals surface area contributed by atoms with Crippen LogP contribution in [0.5, 0.6) is 0 Å². The highest BCUT2D eigenvalue weighted by molar-refractivity contribution is 7.92. The van der Waals surface area contributed by atoms with Crippen LogP contribution >= 0.6 is 34.8 Å². The van der Waals surface area contributed by atoms with Crippen molar-refractivity contribution in [3.8, 4) is 5.69 Å². The van der Waals surface area contributed by atoms with Crippen LogP contribution in [0.3, 0.4) is 0 Å². The number of nitrogens with one attached hydrogen (secondary N) is 1. The van der Waals surface area contributed by atoms with E-state index in [0.29, 0.717) is 20.8 Å². The summed E-state index contributed by atoms with van der Waals surface area (Å²) in [5.74, 6) is -0.619. The van der Waals surface area contributed by atoms with Gasteiger partial charge in [0.1, 0.15) is 6.54 Å². The van der Waals surface area contributed by atoms with E-state index in [1.54, 1.807) is 48.5 Å². The molecule has 202 valence electrons. The second-order valence-electron chi connectivity index (χ2n) is 8.85. The molecule has 1 heterocycles. The minimum Gasteiger partial charge on any atom is -0.316 e. The second-order valence-corrected chi connectivity index (χ2v) is 12.0. The van der Waals surface area contributed by atoms with Gasteiger partial charge in [0.2, 0.25) is 0 Å². The van der Waals surface area contributed by atoms with Crippen molar-refractivity contribution in [3.05, 3.63) is 110 Å². The zero-order chi connectivity index (χ0) is 28.3. The number of aromatic nitrogens is 1. The molecule has 1 amide bonds. The van der Waals surface area contributed by atoms with E-state index in [2.05, 4.69) is 10.5 Å². The maximum atomic E-state index is 13.5. The van der Waals surface area contributed by atoms with E-state index in [0.717, 1.165) is 32.5 Å². The van der Waals surface area contributed by atoms with Gasteiger partial charge in [-0.25, -0.2) is 13.8 Å². The molecule has 4 aromatic rings. The van der Waals surface area contributed by atoms with Crippen LogP contribution in [0, 0.1) is 20.8 Å². The van der Waals surface area contributed by atoms with Gasteiger partial charge >= 0.3 is 0 Å². The number of rotatable bonds is 8. The van der Waals surface area contributed by atoms with Crippen molar-refractivity contribution >= 4 is 62.6 Å². The van der Waals surface area contributed by atoms with Gasteiger partial charge < -0.3 is 4.57 Å². The molecular formula is C28H25Cl3N4O3S. The fourth-order valence-electron chi connectivity index (χ4n) is 4.05. The Balaban J connectivity index is 1.56. The van der Waals surface area contributed by atoms with Gasteiger partial charge in [0.05, 0.1) is 27.5 Å². The summed E-state index contributed by atoms with van der Waals surface area (Å²) in [7, 11) is -4.05. The standard InChI is InChI=1S/C28H25Cl3N4O3S/c1-18-4-11-25(12-5-18)39(37,38)34(24-9-6-22(29)7-10-24)17-28(36)33-32-16-21-14-19(2)35(20(21)3)27-13-8-23(30)15-26(27)31/h4-16H,17H2,1-3H3,(H,33,36)/b32-16-. The molecule has 0 aliphatic heterocycles. The third kappa shape index (κ3) is 6.47. The average Bonchev–Trinajstić information content (AvgIpc) is 3.16. The van der Waals surface area contributed by atoms with Gasteiger partial charge in [-0.1, -0.05) is 52.5 Å². The SMILES string of the molecule is Cc1ccc(S(=O)(=O)N(CC(=O)N/N=C\c2cc(C)n(-c3ccc(Cl)cc3Cl)c2C)c2ccc(Cl)cc2)cc1. The first-order chi connectivity index (χ1) is 18.5. The lowest BCUT2D eigenvalue weighted by Gasteiger charge is -2.23. The van der Waals surface area contributed by atoms with Gasteiger partial charge in [0, 0.05) is 27.0 Å². The highest BCUT2D eigenvalue weighted by Gasteiger charge is 2.27. The average molecular weight is 604 g/mol. The summed E-state index contributed by atoms with van der Waals surface area (Å²) in [4.78, 5) is 12.9. The summed E-state index contributed by atoms with van der Waals surface area (Å²) in [5, 5.41) is 5.56. The molecule has 11 heteroatoms. The van der Waals surface area contributed by atoms with Crippen LogP contribution in [-0.4, -0.2) is 31.7 Å². The van der Waals surface area contributed by atoms with E-state index in [-0.39, 0.29) is 4.90 Å². The highest BCUT2D eigenvalue weighted by atomic mass is 35.5. The van der Waals surface area contributed by atoms with Crippen LogP contribution in [0.15, 0.2) is 82.8 Å². The number of hydrazone groups is 1. The van der Waals surface area contributed by atoms with Crippen LogP contribution in [-0.2, 0) is 14.8 Å². The summed E-state index contributed by atoms with van der Waals surface area (Å²) in [6.45, 7) is 5.19. The third-order valence-corrected chi connectivity index (χ3v) is 8.60. The topological polar surface area (TPSA) is 83.8 Å². The molecule has 0 spiro atoms. The van der Waals surface area contributed by atoms with Crippen LogP contribution in [0.1, 0.15) is 22.5 Å². The molecule has 4 rings (SSSR count). The summed E-state index contributed by atoms with van der Waals surface area (Å²) in [6, 6.07) is 19.8. The first kappa shape index (κ1) is 28.7. The van der Waals surface area contributed by atoms with Gasteiger partial charge in [-0.05, 0) is 81.4 Å². The summed E-state index contributed by atoms with van der Waals surface area (Å²) >= 11 is 18.4. The van der Waals surface area contributed by atoms with Crippen LogP contribution in [0.25, 0.3) is 5.69 Å². The molecule has 39 heavy (non-hydrogen) atoms. The van der Waals surface area contributed by atoms with Crippen LogP contribution < -0.4 is 9.73 Å². The van der Waals surface area contributed by atoms with Crippen molar-refractivity contribution in [1.82, 2.24) is 9.99 Å². The lowest BCUT2D eigenvalue weighted by atomic mass is 10.2. The number of hydrogen-bond acceptors (Lipinski definition) is 4. The Kier molecular flexibility index (Phi) is 8.71. The van der Waals surface area contributed by atoms with E-state index in [1.165, 1.54) is 18.3 Å². The smallest absolute Gasteiger partial charge is 0.264 e. The number of carbonyl (C=O) groups excluding carboxylic acids is 1. The van der Waals surface area contributed by atoms with Crippen molar-refractivity contribution in [1.29, 1.82) is 0 Å². The number of aryl methyl sites for hydroxylation is 2. The molecule has 0 saturated carbocycles. The van der Waals surface area contributed by atoms with Gasteiger partial charge in [0.25, 0.3) is 15.9 Å². The maximum absolute atomic E-state index is 13.5. The van der Waals surface area contributed by atoms with Gasteiger partial charge in [0.15, 0.2) is 0 Å². The molecule has 0 atom stereocenters. The molecule has 3 aromatic carbocycles. The molecule has 7 nitrogen and oxygen atoms in total. The van der Waals surface area contributed by atoms with Gasteiger partial charge in [-0.3, -0.25) is 9.10 Å². The zero-order valence-electron chi connectivity index (χ0n) is 21.3. The van der Waals surface area contributed by atoms with Crippen molar-refractivity contribution in [3.63, 3.8) is 0 Å². The lowest BCUT2D eigenvalue weighted by Crippen LogP contribution is -2.39. The predicted molar refractivity (Wildman–Crippen MR) is 158 cm³/mol. The highest BCUT2D eigenvalue weighted by Crippen LogP contribution is 2.29. The molecule has 0 saturated heterocycles. The largest absolute Gasteiger partial charge is 0.316 e. The fraction of sp³-hybridized carbons (Fsp3) is 0.143. The first-order valence-corrected chi connectivity index (χ1v) is 14.4. The molecule has 0 aliphatic rings. The normalized spacial score (nSPS) is 11.6. The number of anilines is 1. The number of carbonyl (C=O) groups is 1. The van der Waals surface area contributed by atoms with Crippen molar-refractivity contribution in [2.24, 2.45) is 5.10 Å². The molecule has 0 fully saturated rings. The molecule has 1 N–H and O–H groups in total. The van der Waals surface area contributed by atoms with Crippen LogP contribution in [0.4, 0.5) is 5.69 Å². The minimum atomic E-state index is -4.05. The molecular weight excluding hydrogens is 579 g/mol. The van der Waals surface area contributed by atoms with Gasteiger partial charge in [-0.15, -0.1) is 0 Å². The third-order valence-electron chi connectivity index (χ3n) is 6.02. The number of hydrogen-bond donors (Lipinski definition) is 1. The molecule has 0 bridgehead atoms. The Labute approximate surface area is 242 Å². The Hall–Kier alpha value is -3.30. The Morgan fingerprint density at radius 2 is 1.56 bits per heavy atom. The number of benzene rings is 3. The van der Waals surface area contributed by atoms with Crippen molar-refractivity contribution in [2.75, 3.05) is 10.8 Å². The Bertz CT molecular complexity index is 1650. The number of halogens is 3. The summed E-state index contributed by atoms with van der Waals surface area (Å²) in [6.07, 6.45) is 1.50. The second kappa shape index (κ2) is 11.8. The zero-order valence-corrected chi connectivity index (χ0v) is 24.4. The first-order valence-electron chi connectivity index (χ1n) is 11.8. The van der Waals surface area contributed by atoms with Crippen LogP contribution in [0.2, 0.25) is 15.1 Å². The molecule has 0 radical (unpaired) electrons. The molecule has 1 aromatic heterocycles. The maximum Gasteiger partial charge on any atom is 0.264 e. The van der Waals surface area contributed by atoms with E-state index < -0.39 is 22.5 Å². The summed E-state index contributed by atoms with van der Waals surface area (Å²) in [5.41, 5.74) is 6.91. The predicted octanol–water partition coefficient (Wildman–Crippen LogP) is 6.71. The number of nitrogens with zero attached hydrogens (tertiary/aromatic N) is 3. The van der Waals surface area contributed by atoms with Crippen molar-refractivity contribution in [2.45, 2.75) is 25.7 Å². The number of amides is 1. The Morgan fingerprint density at radius 3 is 2.21 bits per heavy atom. The fourth-order valence-corrected chi connectivity index (χ4v) is 6.09. The number of sulfonamides is 1. The lowest BCUT2D eigenvalue weighted by molar-refractivity contribution is -0.119. The Morgan fingerprint density at radius 1 is 0.923 bits per heavy atom. The quantitative estimate of drug-likeness (QED) is 0.180. The van der Waals surface area contributed by atoms with E-state index in [9.17, 15) is 13.2 Å². The van der Waals surface area contributed by atoms with Crippen molar-refractivity contribution < 1.29 is 13.2 Å². The van der Waals surface area contributed by atoms with E-state index in [1.807, 2.05) is 37.5 Å². The monoisotopic (exact) mass is 602 g/mol. The summed E-state index contributed by atoms with van der Waals surface area (Å²) < 4.78 is 29.9. The minimum absolute atomic E-state index is 0.0626. The molecule has 0 unspecified atom stereocenters. The molecule has 0 aliphatic carbocycles. The van der Waals surface area contributed by atoms with E-state index >= 15 is 0 Å². The van der Waals surface area contributed by atoms with E-state index in [4.69, 9.17) is 34.8 Å². The van der Waals surface area contributed by atoms with Gasteiger partial charge in [-0.2, -0.15) is 5.10 Å².